The lowest BCUT2D eigenvalue weighted by atomic mass is 9.99. The number of amides is 1. The molecule has 0 aliphatic rings. The third kappa shape index (κ3) is 4.04. The van der Waals surface area contributed by atoms with E-state index >= 15 is 0 Å². The average molecular weight is 323 g/mol. The van der Waals surface area contributed by atoms with Gasteiger partial charge in [0.25, 0.3) is 11.6 Å². The Kier molecular flexibility index (Phi) is 5.70. The fourth-order valence-electron chi connectivity index (χ4n) is 1.56. The lowest BCUT2D eigenvalue weighted by Gasteiger charge is -2.29. The van der Waals surface area contributed by atoms with Crippen LogP contribution in [0.3, 0.4) is 0 Å². The minimum atomic E-state index is -1.91. The van der Waals surface area contributed by atoms with Gasteiger partial charge in [-0.15, -0.1) is 0 Å². The number of nitrogens with one attached hydrogen (secondary N) is 1. The number of hydrogen-bond donors (Lipinski definition) is 3. The Balaban J connectivity index is 3.05. The number of aliphatic hydroxyl groups is 2. The molecule has 0 heterocycles. The largest absolute Gasteiger partial charge is 0.396 e. The normalized spacial score (nSPS) is 13.8. The predicted molar refractivity (Wildman–Crippen MR) is 72.3 cm³/mol. The number of carbonyl (C=O) groups excluding carboxylic acids is 1. The van der Waals surface area contributed by atoms with Crippen molar-refractivity contribution in [3.05, 3.63) is 39.9 Å². The summed E-state index contributed by atoms with van der Waals surface area (Å²) in [5.41, 5.74) is -1.92. The Labute approximate surface area is 124 Å². The minimum Gasteiger partial charge on any atom is -0.396 e. The first-order chi connectivity index (χ1) is 9.30. The number of nitro groups is 1. The SMILES string of the molecule is O=C(NC(O)(CCO)c1ccc([N+](=O)[O-])cc1)C(Cl)Cl. The Morgan fingerprint density at radius 1 is 1.40 bits per heavy atom. The van der Waals surface area contributed by atoms with Gasteiger partial charge in [-0.2, -0.15) is 0 Å². The van der Waals surface area contributed by atoms with E-state index in [2.05, 4.69) is 5.32 Å². The quantitative estimate of drug-likeness (QED) is 0.313. The van der Waals surface area contributed by atoms with Gasteiger partial charge in [-0.1, -0.05) is 23.2 Å². The summed E-state index contributed by atoms with van der Waals surface area (Å²) in [5.74, 6) is -0.845. The van der Waals surface area contributed by atoms with Crippen LogP contribution in [0.1, 0.15) is 12.0 Å². The van der Waals surface area contributed by atoms with Crippen molar-refractivity contribution in [1.29, 1.82) is 0 Å². The van der Waals surface area contributed by atoms with Crippen LogP contribution in [-0.4, -0.2) is 32.5 Å². The summed E-state index contributed by atoms with van der Waals surface area (Å²) in [6.45, 7) is -0.428. The first-order valence-electron chi connectivity index (χ1n) is 5.48. The second-order valence-corrected chi connectivity index (χ2v) is 5.02. The van der Waals surface area contributed by atoms with Gasteiger partial charge < -0.3 is 15.5 Å². The molecular weight excluding hydrogens is 311 g/mol. The number of halogens is 2. The van der Waals surface area contributed by atoms with Gasteiger partial charge in [0.2, 0.25) is 0 Å². The molecular formula is C11H12Cl2N2O5. The first kappa shape index (κ1) is 16.6. The van der Waals surface area contributed by atoms with Crippen LogP contribution in [-0.2, 0) is 10.5 Å². The molecule has 0 saturated heterocycles. The number of carbonyl (C=O) groups is 1. The molecule has 0 aliphatic carbocycles. The molecule has 110 valence electrons. The monoisotopic (exact) mass is 322 g/mol. The summed E-state index contributed by atoms with van der Waals surface area (Å²) in [7, 11) is 0. The maximum Gasteiger partial charge on any atom is 0.269 e. The fraction of sp³-hybridized carbons (Fsp3) is 0.364. The predicted octanol–water partition coefficient (Wildman–Crippen LogP) is 1.04. The smallest absolute Gasteiger partial charge is 0.269 e. The summed E-state index contributed by atoms with van der Waals surface area (Å²) < 4.78 is 0. The highest BCUT2D eigenvalue weighted by Crippen LogP contribution is 2.25. The molecule has 3 N–H and O–H groups in total. The standard InChI is InChI=1S/C11H12Cl2N2O5/c12-9(13)10(17)14-11(18,5-6-16)7-1-3-8(4-2-7)15(19)20/h1-4,9,16,18H,5-6H2,(H,14,17). The Hall–Kier alpha value is -1.41. The van der Waals surface area contributed by atoms with Gasteiger partial charge in [0.05, 0.1) is 4.92 Å². The zero-order valence-corrected chi connectivity index (χ0v) is 11.6. The Bertz CT molecular complexity index is 494. The van der Waals surface area contributed by atoms with Gasteiger partial charge >= 0.3 is 0 Å². The highest BCUT2D eigenvalue weighted by atomic mass is 35.5. The highest BCUT2D eigenvalue weighted by Gasteiger charge is 2.32. The van der Waals surface area contributed by atoms with Crippen molar-refractivity contribution in [2.45, 2.75) is 17.0 Å². The second kappa shape index (κ2) is 6.85. The molecule has 0 spiro atoms. The number of benzene rings is 1. The lowest BCUT2D eigenvalue weighted by molar-refractivity contribution is -0.384. The van der Waals surface area contributed by atoms with E-state index in [-0.39, 0.29) is 17.7 Å². The summed E-state index contributed by atoms with van der Waals surface area (Å²) in [5, 5.41) is 32.1. The van der Waals surface area contributed by atoms with Crippen molar-refractivity contribution in [1.82, 2.24) is 5.32 Å². The van der Waals surface area contributed by atoms with Crippen LogP contribution in [0, 0.1) is 10.1 Å². The number of aliphatic hydroxyl groups excluding tert-OH is 1. The van der Waals surface area contributed by atoms with E-state index in [0.29, 0.717) is 0 Å². The summed E-state index contributed by atoms with van der Waals surface area (Å²) in [6.07, 6.45) is -0.225. The van der Waals surface area contributed by atoms with E-state index in [9.17, 15) is 20.0 Å². The molecule has 9 heteroatoms. The summed E-state index contributed by atoms with van der Waals surface area (Å²) in [6, 6.07) is 4.88. The highest BCUT2D eigenvalue weighted by molar-refractivity contribution is 6.53. The molecule has 1 aromatic carbocycles. The molecule has 1 atom stereocenters. The van der Waals surface area contributed by atoms with Crippen LogP contribution < -0.4 is 5.32 Å². The molecule has 0 bridgehead atoms. The third-order valence-electron chi connectivity index (χ3n) is 2.56. The Morgan fingerprint density at radius 2 is 1.95 bits per heavy atom. The number of nitro benzene ring substituents is 1. The molecule has 0 aromatic heterocycles. The first-order valence-corrected chi connectivity index (χ1v) is 6.36. The molecule has 7 nitrogen and oxygen atoms in total. The van der Waals surface area contributed by atoms with E-state index in [0.717, 1.165) is 0 Å². The van der Waals surface area contributed by atoms with Crippen LogP contribution in [0.5, 0.6) is 0 Å². The molecule has 1 aromatic rings. The molecule has 20 heavy (non-hydrogen) atoms. The van der Waals surface area contributed by atoms with Gasteiger partial charge in [-0.05, 0) is 12.1 Å². The molecule has 1 amide bonds. The number of alkyl halides is 2. The summed E-state index contributed by atoms with van der Waals surface area (Å²) in [4.78, 5) is 20.0. The van der Waals surface area contributed by atoms with Crippen molar-refractivity contribution >= 4 is 34.8 Å². The molecule has 0 radical (unpaired) electrons. The number of rotatable bonds is 6. The molecule has 0 fully saturated rings. The zero-order chi connectivity index (χ0) is 15.3. The molecule has 0 aliphatic heterocycles. The zero-order valence-electron chi connectivity index (χ0n) is 10.1. The van der Waals surface area contributed by atoms with E-state index in [1.807, 2.05) is 0 Å². The van der Waals surface area contributed by atoms with Crippen LogP contribution in [0.15, 0.2) is 24.3 Å². The Morgan fingerprint density at radius 3 is 2.35 bits per heavy atom. The van der Waals surface area contributed by atoms with Crippen molar-refractivity contribution in [2.75, 3.05) is 6.61 Å². The number of nitrogens with zero attached hydrogens (tertiary/aromatic N) is 1. The molecule has 0 saturated carbocycles. The molecule has 1 rings (SSSR count). The van der Waals surface area contributed by atoms with Crippen molar-refractivity contribution in [3.63, 3.8) is 0 Å². The maximum atomic E-state index is 11.5. The van der Waals surface area contributed by atoms with Gasteiger partial charge in [0, 0.05) is 30.7 Å². The number of hydrogen-bond acceptors (Lipinski definition) is 5. The van der Waals surface area contributed by atoms with Crippen LogP contribution in [0.2, 0.25) is 0 Å². The van der Waals surface area contributed by atoms with Crippen LogP contribution >= 0.6 is 23.2 Å². The van der Waals surface area contributed by atoms with Crippen molar-refractivity contribution in [2.24, 2.45) is 0 Å². The van der Waals surface area contributed by atoms with Crippen LogP contribution in [0.25, 0.3) is 0 Å². The van der Waals surface area contributed by atoms with E-state index in [4.69, 9.17) is 28.3 Å². The van der Waals surface area contributed by atoms with Gasteiger partial charge in [0.15, 0.2) is 10.6 Å². The summed E-state index contributed by atoms with van der Waals surface area (Å²) >= 11 is 10.8. The second-order valence-electron chi connectivity index (χ2n) is 3.93. The van der Waals surface area contributed by atoms with Crippen molar-refractivity contribution in [3.8, 4) is 0 Å². The minimum absolute atomic E-state index is 0.166. The van der Waals surface area contributed by atoms with E-state index in [1.165, 1.54) is 24.3 Å². The fourth-order valence-corrected chi connectivity index (χ4v) is 1.67. The average Bonchev–Trinajstić information content (AvgIpc) is 2.38. The third-order valence-corrected chi connectivity index (χ3v) is 2.95. The van der Waals surface area contributed by atoms with E-state index in [1.54, 1.807) is 0 Å². The van der Waals surface area contributed by atoms with Gasteiger partial charge in [-0.25, -0.2) is 0 Å². The molecule has 1 unspecified atom stereocenters. The van der Waals surface area contributed by atoms with E-state index < -0.39 is 28.0 Å². The van der Waals surface area contributed by atoms with Gasteiger partial charge in [0.1, 0.15) is 0 Å². The lowest BCUT2D eigenvalue weighted by Crippen LogP contribution is -2.48. The van der Waals surface area contributed by atoms with Crippen LogP contribution in [0.4, 0.5) is 5.69 Å². The van der Waals surface area contributed by atoms with Crippen molar-refractivity contribution < 1.29 is 19.9 Å². The topological polar surface area (TPSA) is 113 Å². The van der Waals surface area contributed by atoms with Gasteiger partial charge in [-0.3, -0.25) is 14.9 Å². The number of non-ortho nitro benzene ring substituents is 1. The maximum absolute atomic E-state index is 11.5.